The third-order valence-corrected chi connectivity index (χ3v) is 3.79. The van der Waals surface area contributed by atoms with Crippen LogP contribution in [0, 0.1) is 11.8 Å². The predicted molar refractivity (Wildman–Crippen MR) is 70.6 cm³/mol. The van der Waals surface area contributed by atoms with E-state index in [9.17, 15) is 4.79 Å². The molecular formula is C15H23NO. The van der Waals surface area contributed by atoms with Crippen LogP contribution in [0.1, 0.15) is 39.0 Å². The zero-order chi connectivity index (χ0) is 12.1. The third-order valence-electron chi connectivity index (χ3n) is 3.79. The van der Waals surface area contributed by atoms with Crippen molar-refractivity contribution >= 4 is 5.91 Å². The van der Waals surface area contributed by atoms with Crippen molar-refractivity contribution in [1.82, 2.24) is 4.90 Å². The van der Waals surface area contributed by atoms with E-state index >= 15 is 0 Å². The first kappa shape index (κ1) is 12.4. The summed E-state index contributed by atoms with van der Waals surface area (Å²) < 4.78 is 0. The Morgan fingerprint density at radius 1 is 1.35 bits per heavy atom. The van der Waals surface area contributed by atoms with Gasteiger partial charge in [0, 0.05) is 13.1 Å². The predicted octanol–water partition coefficient (Wildman–Crippen LogP) is 3.16. The molecule has 2 heteroatoms. The molecule has 1 amide bonds. The molecule has 0 bridgehead atoms. The summed E-state index contributed by atoms with van der Waals surface area (Å²) >= 11 is 0. The molecule has 1 fully saturated rings. The van der Waals surface area contributed by atoms with Crippen LogP contribution in [-0.2, 0) is 4.79 Å². The minimum atomic E-state index is 0.214. The first-order chi connectivity index (χ1) is 8.25. The van der Waals surface area contributed by atoms with Crippen molar-refractivity contribution in [3.05, 3.63) is 24.3 Å². The SMILES string of the molecule is CC1CCCN(C(=O)C=CC2CC=CCC2)C1. The molecular weight excluding hydrogens is 210 g/mol. The van der Waals surface area contributed by atoms with Crippen molar-refractivity contribution in [3.63, 3.8) is 0 Å². The Morgan fingerprint density at radius 3 is 2.94 bits per heavy atom. The molecule has 1 saturated heterocycles. The van der Waals surface area contributed by atoms with Gasteiger partial charge in [0.25, 0.3) is 0 Å². The van der Waals surface area contributed by atoms with Crippen molar-refractivity contribution < 1.29 is 4.79 Å². The van der Waals surface area contributed by atoms with Gasteiger partial charge in [-0.1, -0.05) is 25.2 Å². The normalized spacial score (nSPS) is 29.8. The van der Waals surface area contributed by atoms with Crippen molar-refractivity contribution in [1.29, 1.82) is 0 Å². The number of likely N-dealkylation sites (tertiary alicyclic amines) is 1. The van der Waals surface area contributed by atoms with Crippen LogP contribution in [0.3, 0.4) is 0 Å². The van der Waals surface area contributed by atoms with Gasteiger partial charge in [0.2, 0.25) is 5.91 Å². The van der Waals surface area contributed by atoms with Crippen LogP contribution < -0.4 is 0 Å². The Balaban J connectivity index is 1.83. The zero-order valence-electron chi connectivity index (χ0n) is 10.8. The van der Waals surface area contributed by atoms with Crippen LogP contribution in [0.5, 0.6) is 0 Å². The highest BCUT2D eigenvalue weighted by Crippen LogP contribution is 2.20. The minimum Gasteiger partial charge on any atom is -0.339 e. The summed E-state index contributed by atoms with van der Waals surface area (Å²) in [5.74, 6) is 1.45. The standard InChI is InChI=1S/C15H23NO/c1-13-6-5-11-16(12-13)15(17)10-9-14-7-3-2-4-8-14/h2-3,9-10,13-14H,4-8,11-12H2,1H3. The van der Waals surface area contributed by atoms with E-state index in [1.54, 1.807) is 0 Å². The van der Waals surface area contributed by atoms with Gasteiger partial charge in [-0.2, -0.15) is 0 Å². The molecule has 0 aromatic rings. The van der Waals surface area contributed by atoms with Crippen molar-refractivity contribution in [3.8, 4) is 0 Å². The lowest BCUT2D eigenvalue weighted by molar-refractivity contribution is -0.127. The molecule has 2 nitrogen and oxygen atoms in total. The van der Waals surface area contributed by atoms with Crippen LogP contribution >= 0.6 is 0 Å². The quantitative estimate of drug-likeness (QED) is 0.530. The van der Waals surface area contributed by atoms with E-state index in [2.05, 4.69) is 25.2 Å². The molecule has 94 valence electrons. The zero-order valence-corrected chi connectivity index (χ0v) is 10.8. The number of amides is 1. The van der Waals surface area contributed by atoms with Crippen molar-refractivity contribution in [2.24, 2.45) is 11.8 Å². The monoisotopic (exact) mass is 233 g/mol. The molecule has 2 aliphatic rings. The van der Waals surface area contributed by atoms with Gasteiger partial charge in [-0.25, -0.2) is 0 Å². The van der Waals surface area contributed by atoms with E-state index in [1.807, 2.05) is 11.0 Å². The Kier molecular flexibility index (Phi) is 4.41. The molecule has 0 aromatic carbocycles. The Morgan fingerprint density at radius 2 is 2.24 bits per heavy atom. The summed E-state index contributed by atoms with van der Waals surface area (Å²) in [5, 5.41) is 0. The fraction of sp³-hybridized carbons (Fsp3) is 0.667. The van der Waals surface area contributed by atoms with Gasteiger partial charge < -0.3 is 4.90 Å². The summed E-state index contributed by atoms with van der Waals surface area (Å²) in [6, 6.07) is 0. The highest BCUT2D eigenvalue weighted by atomic mass is 16.2. The molecule has 2 atom stereocenters. The summed E-state index contributed by atoms with van der Waals surface area (Å²) in [6.07, 6.45) is 14.3. The number of nitrogens with zero attached hydrogens (tertiary/aromatic N) is 1. The molecule has 0 N–H and O–H groups in total. The highest BCUT2D eigenvalue weighted by Gasteiger charge is 2.19. The maximum Gasteiger partial charge on any atom is 0.246 e. The maximum atomic E-state index is 12.0. The molecule has 0 saturated carbocycles. The molecule has 1 heterocycles. The lowest BCUT2D eigenvalue weighted by atomic mass is 9.94. The number of hydrogen-bond donors (Lipinski definition) is 0. The number of rotatable bonds is 2. The summed E-state index contributed by atoms with van der Waals surface area (Å²) in [6.45, 7) is 4.11. The first-order valence-electron chi connectivity index (χ1n) is 6.88. The minimum absolute atomic E-state index is 0.214. The second kappa shape index (κ2) is 6.04. The Labute approximate surface area is 104 Å². The van der Waals surface area contributed by atoms with Gasteiger partial charge in [-0.15, -0.1) is 0 Å². The number of piperidine rings is 1. The highest BCUT2D eigenvalue weighted by molar-refractivity contribution is 5.87. The van der Waals surface area contributed by atoms with E-state index < -0.39 is 0 Å². The van der Waals surface area contributed by atoms with Gasteiger partial charge >= 0.3 is 0 Å². The van der Waals surface area contributed by atoms with E-state index in [1.165, 1.54) is 12.8 Å². The number of allylic oxidation sites excluding steroid dienone is 3. The fourth-order valence-electron chi connectivity index (χ4n) is 2.71. The fourth-order valence-corrected chi connectivity index (χ4v) is 2.71. The third kappa shape index (κ3) is 3.72. The first-order valence-corrected chi connectivity index (χ1v) is 6.88. The summed E-state index contributed by atoms with van der Waals surface area (Å²) in [7, 11) is 0. The largest absolute Gasteiger partial charge is 0.339 e. The van der Waals surface area contributed by atoms with E-state index in [4.69, 9.17) is 0 Å². The van der Waals surface area contributed by atoms with Crippen LogP contribution in [0.4, 0.5) is 0 Å². The average molecular weight is 233 g/mol. The number of carbonyl (C=O) groups excluding carboxylic acids is 1. The van der Waals surface area contributed by atoms with Crippen LogP contribution in [0.15, 0.2) is 24.3 Å². The van der Waals surface area contributed by atoms with Crippen LogP contribution in [0.2, 0.25) is 0 Å². The van der Waals surface area contributed by atoms with E-state index in [0.717, 1.165) is 32.4 Å². The van der Waals surface area contributed by atoms with Gasteiger partial charge in [0.05, 0.1) is 0 Å². The Hall–Kier alpha value is -1.05. The molecule has 2 unspecified atom stereocenters. The van der Waals surface area contributed by atoms with Gasteiger partial charge in [0.1, 0.15) is 0 Å². The summed E-state index contributed by atoms with van der Waals surface area (Å²) in [5.41, 5.74) is 0. The summed E-state index contributed by atoms with van der Waals surface area (Å²) in [4.78, 5) is 14.0. The molecule has 17 heavy (non-hydrogen) atoms. The second-order valence-corrected chi connectivity index (χ2v) is 5.44. The smallest absolute Gasteiger partial charge is 0.246 e. The topological polar surface area (TPSA) is 20.3 Å². The number of hydrogen-bond acceptors (Lipinski definition) is 1. The molecule has 1 aliphatic carbocycles. The lowest BCUT2D eigenvalue weighted by Crippen LogP contribution is -2.38. The maximum absolute atomic E-state index is 12.0. The van der Waals surface area contributed by atoms with E-state index in [-0.39, 0.29) is 5.91 Å². The molecule has 0 aromatic heterocycles. The Bertz CT molecular complexity index is 319. The van der Waals surface area contributed by atoms with Gasteiger partial charge in [-0.3, -0.25) is 4.79 Å². The van der Waals surface area contributed by atoms with Crippen molar-refractivity contribution in [2.75, 3.05) is 13.1 Å². The average Bonchev–Trinajstić information content (AvgIpc) is 2.37. The molecule has 0 radical (unpaired) electrons. The van der Waals surface area contributed by atoms with Crippen molar-refractivity contribution in [2.45, 2.75) is 39.0 Å². The van der Waals surface area contributed by atoms with Gasteiger partial charge in [0.15, 0.2) is 0 Å². The van der Waals surface area contributed by atoms with Crippen LogP contribution in [-0.4, -0.2) is 23.9 Å². The van der Waals surface area contributed by atoms with E-state index in [0.29, 0.717) is 11.8 Å². The molecule has 1 aliphatic heterocycles. The van der Waals surface area contributed by atoms with Crippen LogP contribution in [0.25, 0.3) is 0 Å². The number of carbonyl (C=O) groups is 1. The second-order valence-electron chi connectivity index (χ2n) is 5.44. The molecule has 2 rings (SSSR count). The molecule has 0 spiro atoms. The van der Waals surface area contributed by atoms with Gasteiger partial charge in [-0.05, 0) is 50.0 Å². The lowest BCUT2D eigenvalue weighted by Gasteiger charge is -2.30.